The number of allylic oxidation sites excluding steroid dienone is 1. The van der Waals surface area contributed by atoms with Crippen LogP contribution in [0.3, 0.4) is 0 Å². The lowest BCUT2D eigenvalue weighted by Gasteiger charge is -2.37. The summed E-state index contributed by atoms with van der Waals surface area (Å²) in [5, 5.41) is 0. The molecule has 0 bridgehead atoms. The summed E-state index contributed by atoms with van der Waals surface area (Å²) < 4.78 is 11.9. The molecule has 128 valence electrons. The summed E-state index contributed by atoms with van der Waals surface area (Å²) in [4.78, 5) is 12.4. The third-order valence-corrected chi connectivity index (χ3v) is 5.59. The molecule has 1 aliphatic carbocycles. The number of carbonyl (C=O) groups excluding carboxylic acids is 1. The van der Waals surface area contributed by atoms with Crippen LogP contribution < -0.4 is 4.74 Å². The summed E-state index contributed by atoms with van der Waals surface area (Å²) >= 11 is 0. The van der Waals surface area contributed by atoms with E-state index in [1.54, 1.807) is 14.0 Å². The fourth-order valence-corrected chi connectivity index (χ4v) is 4.54. The minimum atomic E-state index is -0.647. The molecule has 1 spiro atoms. The maximum atomic E-state index is 12.4. The van der Waals surface area contributed by atoms with Gasteiger partial charge < -0.3 is 9.47 Å². The highest BCUT2D eigenvalue weighted by Gasteiger charge is 2.69. The molecule has 1 heterocycles. The lowest BCUT2D eigenvalue weighted by atomic mass is 9.70. The average molecular weight is 334 g/mol. The van der Waals surface area contributed by atoms with Crippen LogP contribution in [-0.2, 0) is 15.1 Å². The van der Waals surface area contributed by atoms with Crippen molar-refractivity contribution < 1.29 is 14.3 Å². The molecule has 1 fully saturated rings. The summed E-state index contributed by atoms with van der Waals surface area (Å²) in [5.74, 6) is 1.68. The number of ketones is 1. The van der Waals surface area contributed by atoms with Crippen LogP contribution in [0.4, 0.5) is 0 Å². The number of ether oxygens (including phenoxy) is 2. The first-order valence-corrected chi connectivity index (χ1v) is 8.66. The van der Waals surface area contributed by atoms with Gasteiger partial charge in [0.1, 0.15) is 11.5 Å². The van der Waals surface area contributed by atoms with Crippen LogP contribution in [0, 0.1) is 5.41 Å². The Labute approximate surface area is 148 Å². The van der Waals surface area contributed by atoms with Crippen LogP contribution in [0.5, 0.6) is 5.75 Å². The lowest BCUT2D eigenvalue weighted by molar-refractivity contribution is -0.114. The number of benzene rings is 2. The smallest absolute Gasteiger partial charge is 0.168 e. The first-order chi connectivity index (χ1) is 12.0. The number of methoxy groups -OCH3 is 1. The summed E-state index contributed by atoms with van der Waals surface area (Å²) in [6, 6.07) is 18.3. The van der Waals surface area contributed by atoms with Gasteiger partial charge in [-0.1, -0.05) is 42.5 Å². The van der Waals surface area contributed by atoms with Gasteiger partial charge in [-0.3, -0.25) is 4.79 Å². The van der Waals surface area contributed by atoms with Gasteiger partial charge in [-0.25, -0.2) is 0 Å². The quantitative estimate of drug-likeness (QED) is 0.819. The van der Waals surface area contributed by atoms with Crippen LogP contribution in [0.2, 0.25) is 0 Å². The highest BCUT2D eigenvalue weighted by atomic mass is 16.5. The first kappa shape index (κ1) is 15.9. The van der Waals surface area contributed by atoms with Crippen LogP contribution >= 0.6 is 0 Å². The van der Waals surface area contributed by atoms with E-state index in [4.69, 9.17) is 9.47 Å². The molecule has 3 nitrogen and oxygen atoms in total. The van der Waals surface area contributed by atoms with Crippen LogP contribution in [0.1, 0.15) is 37.8 Å². The molecule has 3 heteroatoms. The van der Waals surface area contributed by atoms with E-state index in [0.717, 1.165) is 41.1 Å². The van der Waals surface area contributed by atoms with Gasteiger partial charge in [-0.2, -0.15) is 0 Å². The maximum Gasteiger partial charge on any atom is 0.168 e. The Morgan fingerprint density at radius 3 is 2.12 bits per heavy atom. The second kappa shape index (κ2) is 5.48. The van der Waals surface area contributed by atoms with Crippen molar-refractivity contribution in [1.82, 2.24) is 0 Å². The van der Waals surface area contributed by atoms with Crippen molar-refractivity contribution in [2.24, 2.45) is 5.41 Å². The third kappa shape index (κ3) is 2.08. The molecule has 1 atom stereocenters. The molecule has 2 aliphatic rings. The monoisotopic (exact) mass is 334 g/mol. The first-order valence-electron chi connectivity index (χ1n) is 8.66. The van der Waals surface area contributed by atoms with Gasteiger partial charge in [0.2, 0.25) is 0 Å². The van der Waals surface area contributed by atoms with Gasteiger partial charge in [0.05, 0.1) is 12.5 Å². The van der Waals surface area contributed by atoms with E-state index < -0.39 is 5.60 Å². The Kier molecular flexibility index (Phi) is 3.50. The van der Waals surface area contributed by atoms with Crippen molar-refractivity contribution in [3.63, 3.8) is 0 Å². The average Bonchev–Trinajstić information content (AvgIpc) is 3.36. The summed E-state index contributed by atoms with van der Waals surface area (Å²) in [7, 11) is 1.66. The number of rotatable bonds is 4. The molecule has 25 heavy (non-hydrogen) atoms. The molecule has 0 radical (unpaired) electrons. The minimum Gasteiger partial charge on any atom is -0.497 e. The zero-order chi connectivity index (χ0) is 17.7. The van der Waals surface area contributed by atoms with E-state index in [-0.39, 0.29) is 11.2 Å². The molecule has 0 amide bonds. The molecule has 2 aromatic carbocycles. The van der Waals surface area contributed by atoms with Gasteiger partial charge in [-0.05, 0) is 38.8 Å². The molecule has 0 saturated heterocycles. The standard InChI is InChI=1S/C22H22O3/c1-15(23)20-16(2)25-22(21(20)13-14-21,17-7-5-4-6-8-17)18-9-11-19(24-3)12-10-18/h4-12H,13-14H2,1-3H3. The summed E-state index contributed by atoms with van der Waals surface area (Å²) in [6.07, 6.45) is 1.92. The molecule has 2 aromatic rings. The highest BCUT2D eigenvalue weighted by molar-refractivity contribution is 5.97. The number of hydrogen-bond donors (Lipinski definition) is 0. The van der Waals surface area contributed by atoms with Crippen LogP contribution in [0.15, 0.2) is 65.9 Å². The highest BCUT2D eigenvalue weighted by Crippen LogP contribution is 2.71. The second-order valence-corrected chi connectivity index (χ2v) is 6.95. The number of Topliss-reactive ketones (excluding diaryl/α,β-unsaturated/α-hetero) is 1. The fourth-order valence-electron chi connectivity index (χ4n) is 4.54. The predicted molar refractivity (Wildman–Crippen MR) is 96.3 cm³/mol. The summed E-state index contributed by atoms with van der Waals surface area (Å²) in [5.41, 5.74) is 2.10. The lowest BCUT2D eigenvalue weighted by Crippen LogP contribution is -2.38. The van der Waals surface area contributed by atoms with Crippen molar-refractivity contribution >= 4 is 5.78 Å². The molecular formula is C22H22O3. The third-order valence-electron chi connectivity index (χ3n) is 5.59. The van der Waals surface area contributed by atoms with Crippen LogP contribution in [-0.4, -0.2) is 12.9 Å². The molecule has 4 rings (SSSR count). The normalized spacial score (nSPS) is 23.5. The van der Waals surface area contributed by atoms with Crippen molar-refractivity contribution in [1.29, 1.82) is 0 Å². The number of hydrogen-bond acceptors (Lipinski definition) is 3. The van der Waals surface area contributed by atoms with Gasteiger partial charge in [0.15, 0.2) is 11.4 Å². The van der Waals surface area contributed by atoms with Gasteiger partial charge >= 0.3 is 0 Å². The van der Waals surface area contributed by atoms with E-state index in [0.29, 0.717) is 0 Å². The van der Waals surface area contributed by atoms with Crippen molar-refractivity contribution in [2.75, 3.05) is 7.11 Å². The molecule has 0 N–H and O–H groups in total. The molecule has 1 saturated carbocycles. The Morgan fingerprint density at radius 2 is 1.60 bits per heavy atom. The Balaban J connectivity index is 1.95. The van der Waals surface area contributed by atoms with E-state index in [9.17, 15) is 4.79 Å². The minimum absolute atomic E-state index is 0.112. The molecule has 1 unspecified atom stereocenters. The number of carbonyl (C=O) groups is 1. The Morgan fingerprint density at radius 1 is 1.00 bits per heavy atom. The SMILES string of the molecule is COc1ccc(C2(c3ccccc3)OC(C)=C(C(C)=O)C23CC3)cc1. The van der Waals surface area contributed by atoms with E-state index in [1.807, 2.05) is 37.3 Å². The predicted octanol–water partition coefficient (Wildman–Crippen LogP) is 4.61. The van der Waals surface area contributed by atoms with Crippen molar-refractivity contribution in [3.05, 3.63) is 77.1 Å². The van der Waals surface area contributed by atoms with Crippen molar-refractivity contribution in [2.45, 2.75) is 32.3 Å². The van der Waals surface area contributed by atoms with Crippen LogP contribution in [0.25, 0.3) is 0 Å². The summed E-state index contributed by atoms with van der Waals surface area (Å²) in [6.45, 7) is 3.57. The zero-order valence-electron chi connectivity index (χ0n) is 14.8. The zero-order valence-corrected chi connectivity index (χ0v) is 14.8. The van der Waals surface area contributed by atoms with Gasteiger partial charge in [0.25, 0.3) is 0 Å². The second-order valence-electron chi connectivity index (χ2n) is 6.95. The Bertz CT molecular complexity index is 845. The van der Waals surface area contributed by atoms with Gasteiger partial charge in [0, 0.05) is 16.7 Å². The Hall–Kier alpha value is -2.55. The maximum absolute atomic E-state index is 12.4. The molecule has 1 aliphatic heterocycles. The van der Waals surface area contributed by atoms with E-state index >= 15 is 0 Å². The topological polar surface area (TPSA) is 35.5 Å². The van der Waals surface area contributed by atoms with Crippen molar-refractivity contribution in [3.8, 4) is 5.75 Å². The van der Waals surface area contributed by atoms with E-state index in [1.165, 1.54) is 0 Å². The largest absolute Gasteiger partial charge is 0.497 e. The fraction of sp³-hybridized carbons (Fsp3) is 0.318. The molecule has 0 aromatic heterocycles. The van der Waals surface area contributed by atoms with E-state index in [2.05, 4.69) is 24.3 Å². The molecular weight excluding hydrogens is 312 g/mol. The van der Waals surface area contributed by atoms with Gasteiger partial charge in [-0.15, -0.1) is 0 Å².